The smallest absolute Gasteiger partial charge is 0.311 e. The van der Waals surface area contributed by atoms with Crippen molar-refractivity contribution in [2.75, 3.05) is 7.11 Å². The van der Waals surface area contributed by atoms with Gasteiger partial charge >= 0.3 is 5.97 Å². The average molecular weight is 334 g/mol. The molecular formula is C21H34O3. The lowest BCUT2D eigenvalue weighted by Crippen LogP contribution is -2.60. The number of carbonyl (C=O) groups is 1. The predicted molar refractivity (Wildman–Crippen MR) is 93.2 cm³/mol. The number of aliphatic hydroxyl groups is 1. The molecule has 1 spiro atoms. The van der Waals surface area contributed by atoms with Crippen LogP contribution in [0.25, 0.3) is 0 Å². The van der Waals surface area contributed by atoms with E-state index in [0.29, 0.717) is 23.7 Å². The van der Waals surface area contributed by atoms with E-state index in [2.05, 4.69) is 20.8 Å². The molecule has 0 heterocycles. The first-order valence-corrected chi connectivity index (χ1v) is 10.1. The Morgan fingerprint density at radius 3 is 2.54 bits per heavy atom. The molecule has 4 fully saturated rings. The minimum absolute atomic E-state index is 0.0107. The van der Waals surface area contributed by atoms with E-state index in [1.54, 1.807) is 0 Å². The maximum atomic E-state index is 12.6. The van der Waals surface area contributed by atoms with Crippen LogP contribution < -0.4 is 0 Å². The first kappa shape index (κ1) is 16.9. The Labute approximate surface area is 146 Å². The molecule has 0 amide bonds. The summed E-state index contributed by atoms with van der Waals surface area (Å²) in [5.74, 6) is 2.13. The summed E-state index contributed by atoms with van der Waals surface area (Å²) >= 11 is 0. The van der Waals surface area contributed by atoms with Crippen molar-refractivity contribution in [3.05, 3.63) is 0 Å². The van der Waals surface area contributed by atoms with Crippen LogP contribution in [0, 0.1) is 39.9 Å². The third kappa shape index (κ3) is 1.86. The quantitative estimate of drug-likeness (QED) is 0.732. The number of carbonyl (C=O) groups excluding carboxylic acids is 1. The van der Waals surface area contributed by atoms with Crippen LogP contribution in [-0.2, 0) is 9.53 Å². The Hall–Kier alpha value is -0.570. The molecule has 8 atom stereocenters. The summed E-state index contributed by atoms with van der Waals surface area (Å²) in [5, 5.41) is 11.2. The van der Waals surface area contributed by atoms with Crippen LogP contribution in [0.15, 0.2) is 0 Å². The fourth-order valence-corrected chi connectivity index (χ4v) is 8.24. The number of fused-ring (bicyclic) bond motifs is 3. The second-order valence-electron chi connectivity index (χ2n) is 9.99. The molecule has 2 unspecified atom stereocenters. The van der Waals surface area contributed by atoms with Gasteiger partial charge in [0.2, 0.25) is 0 Å². The van der Waals surface area contributed by atoms with Crippen LogP contribution in [-0.4, -0.2) is 24.3 Å². The average Bonchev–Trinajstić information content (AvgIpc) is 2.74. The van der Waals surface area contributed by atoms with Gasteiger partial charge in [-0.25, -0.2) is 0 Å². The molecule has 0 saturated heterocycles. The molecule has 1 N–H and O–H groups in total. The van der Waals surface area contributed by atoms with Crippen LogP contribution in [0.2, 0.25) is 0 Å². The highest BCUT2D eigenvalue weighted by molar-refractivity contribution is 5.77. The third-order valence-corrected chi connectivity index (χ3v) is 9.32. The van der Waals surface area contributed by atoms with E-state index in [1.807, 2.05) is 0 Å². The first-order chi connectivity index (χ1) is 11.3. The zero-order valence-electron chi connectivity index (χ0n) is 15.8. The Kier molecular flexibility index (Phi) is 3.67. The lowest BCUT2D eigenvalue weighted by molar-refractivity contribution is -0.193. The molecule has 0 aromatic rings. The van der Waals surface area contributed by atoms with Crippen LogP contribution in [0.4, 0.5) is 0 Å². The minimum atomic E-state index is -0.338. The SMILES string of the molecule is COC(=O)[C@]1(C)CCC[C@@]2(C)[C@H]1CC[C@]13C[C@H](CC[C@@H]12)C(C)C3O. The zero-order chi connectivity index (χ0) is 17.3. The van der Waals surface area contributed by atoms with Crippen LogP contribution in [0.3, 0.4) is 0 Å². The summed E-state index contributed by atoms with van der Waals surface area (Å²) in [6.45, 7) is 6.86. The van der Waals surface area contributed by atoms with Crippen molar-refractivity contribution in [1.82, 2.24) is 0 Å². The molecule has 0 aliphatic heterocycles. The molecule has 0 radical (unpaired) electrons. The van der Waals surface area contributed by atoms with Crippen LogP contribution >= 0.6 is 0 Å². The van der Waals surface area contributed by atoms with E-state index in [-0.39, 0.29) is 28.3 Å². The van der Waals surface area contributed by atoms with Crippen molar-refractivity contribution in [3.63, 3.8) is 0 Å². The van der Waals surface area contributed by atoms with Crippen LogP contribution in [0.1, 0.15) is 72.1 Å². The van der Waals surface area contributed by atoms with E-state index < -0.39 is 0 Å². The largest absolute Gasteiger partial charge is 0.469 e. The highest BCUT2D eigenvalue weighted by atomic mass is 16.5. The molecular weight excluding hydrogens is 300 g/mol. The highest BCUT2D eigenvalue weighted by Gasteiger charge is 2.68. The van der Waals surface area contributed by atoms with Crippen molar-refractivity contribution in [2.24, 2.45) is 39.9 Å². The van der Waals surface area contributed by atoms with Crippen molar-refractivity contribution < 1.29 is 14.6 Å². The molecule has 3 heteroatoms. The maximum Gasteiger partial charge on any atom is 0.311 e. The van der Waals surface area contributed by atoms with E-state index in [0.717, 1.165) is 25.7 Å². The second-order valence-corrected chi connectivity index (χ2v) is 9.99. The molecule has 24 heavy (non-hydrogen) atoms. The monoisotopic (exact) mass is 334 g/mol. The van der Waals surface area contributed by atoms with Gasteiger partial charge in [0.15, 0.2) is 0 Å². The summed E-state index contributed by atoms with van der Waals surface area (Å²) in [7, 11) is 1.54. The zero-order valence-corrected chi connectivity index (χ0v) is 15.8. The molecule has 3 nitrogen and oxygen atoms in total. The van der Waals surface area contributed by atoms with Crippen molar-refractivity contribution in [3.8, 4) is 0 Å². The van der Waals surface area contributed by atoms with E-state index in [4.69, 9.17) is 4.74 Å². The van der Waals surface area contributed by atoms with Gasteiger partial charge in [0, 0.05) is 5.41 Å². The number of rotatable bonds is 1. The van der Waals surface area contributed by atoms with Gasteiger partial charge in [-0.3, -0.25) is 4.79 Å². The number of hydrogen-bond donors (Lipinski definition) is 1. The molecule has 0 aromatic carbocycles. The molecule has 4 rings (SSSR count). The van der Waals surface area contributed by atoms with E-state index in [9.17, 15) is 9.90 Å². The number of aliphatic hydroxyl groups excluding tert-OH is 1. The molecule has 4 aliphatic carbocycles. The van der Waals surface area contributed by atoms with Gasteiger partial charge in [0.25, 0.3) is 0 Å². The topological polar surface area (TPSA) is 46.5 Å². The summed E-state index contributed by atoms with van der Waals surface area (Å²) in [4.78, 5) is 12.6. The first-order valence-electron chi connectivity index (χ1n) is 10.1. The minimum Gasteiger partial charge on any atom is -0.469 e. The Bertz CT molecular complexity index is 545. The number of esters is 1. The van der Waals surface area contributed by atoms with Gasteiger partial charge in [-0.2, -0.15) is 0 Å². The Balaban J connectivity index is 1.74. The van der Waals surface area contributed by atoms with Gasteiger partial charge in [-0.1, -0.05) is 20.3 Å². The third-order valence-electron chi connectivity index (χ3n) is 9.32. The summed E-state index contributed by atoms with van der Waals surface area (Å²) in [6, 6.07) is 0. The molecule has 136 valence electrons. The molecule has 4 aliphatic rings. The van der Waals surface area contributed by atoms with Crippen LogP contribution in [0.5, 0.6) is 0 Å². The normalized spacial score (nSPS) is 56.3. The molecule has 0 aromatic heterocycles. The Morgan fingerprint density at radius 1 is 1.08 bits per heavy atom. The van der Waals surface area contributed by atoms with Crippen molar-refractivity contribution in [1.29, 1.82) is 0 Å². The van der Waals surface area contributed by atoms with Gasteiger partial charge < -0.3 is 9.84 Å². The molecule has 2 bridgehead atoms. The number of hydrogen-bond acceptors (Lipinski definition) is 3. The summed E-state index contributed by atoms with van der Waals surface area (Å²) in [5.41, 5.74) is -0.0349. The van der Waals surface area contributed by atoms with Crippen molar-refractivity contribution in [2.45, 2.75) is 78.2 Å². The van der Waals surface area contributed by atoms with Gasteiger partial charge in [0.1, 0.15) is 0 Å². The predicted octanol–water partition coefficient (Wildman–Crippen LogP) is 4.18. The fraction of sp³-hybridized carbons (Fsp3) is 0.952. The lowest BCUT2D eigenvalue weighted by Gasteiger charge is -2.64. The molecule has 4 saturated carbocycles. The fourth-order valence-electron chi connectivity index (χ4n) is 8.24. The summed E-state index contributed by atoms with van der Waals surface area (Å²) in [6.07, 6.45) is 9.06. The Morgan fingerprint density at radius 2 is 1.83 bits per heavy atom. The van der Waals surface area contributed by atoms with Gasteiger partial charge in [0.05, 0.1) is 18.6 Å². The van der Waals surface area contributed by atoms with Gasteiger partial charge in [-0.05, 0) is 81.0 Å². The number of methoxy groups -OCH3 is 1. The van der Waals surface area contributed by atoms with Crippen molar-refractivity contribution >= 4 is 5.97 Å². The second kappa shape index (κ2) is 5.22. The summed E-state index contributed by atoms with van der Waals surface area (Å²) < 4.78 is 5.23. The maximum absolute atomic E-state index is 12.6. The standard InChI is InChI=1S/C21H34O3/c1-13-14-6-7-16-19(2)9-5-10-20(3,18(23)24-4)15(19)8-11-21(16,12-14)17(13)22/h13-17,22H,5-12H2,1-4H3/t13?,14-,15+,16+,17?,19-,20+,21-/m0/s1. The highest BCUT2D eigenvalue weighted by Crippen LogP contribution is 2.72. The lowest BCUT2D eigenvalue weighted by atomic mass is 9.40. The van der Waals surface area contributed by atoms with E-state index in [1.165, 1.54) is 32.8 Å². The van der Waals surface area contributed by atoms with E-state index >= 15 is 0 Å². The number of ether oxygens (including phenoxy) is 1. The van der Waals surface area contributed by atoms with Gasteiger partial charge in [-0.15, -0.1) is 0 Å².